The largest absolute Gasteiger partial charge is 0.416 e. The van der Waals surface area contributed by atoms with E-state index in [1.807, 2.05) is 0 Å². The molecule has 0 aliphatic heterocycles. The summed E-state index contributed by atoms with van der Waals surface area (Å²) in [5.74, 6) is -1.62. The van der Waals surface area contributed by atoms with Gasteiger partial charge in [0.15, 0.2) is 5.78 Å². The molecule has 0 atom stereocenters. The smallest absolute Gasteiger partial charge is 0.294 e. The molecule has 1 aromatic carbocycles. The molecular weight excluding hydrogens is 344 g/mol. The first kappa shape index (κ1) is 18.2. The lowest BCUT2D eigenvalue weighted by Crippen LogP contribution is -2.53. The zero-order valence-electron chi connectivity index (χ0n) is 10.3. The van der Waals surface area contributed by atoms with E-state index in [0.717, 1.165) is 18.2 Å². The van der Waals surface area contributed by atoms with Crippen molar-refractivity contribution < 1.29 is 36.1 Å². The Kier molecular flexibility index (Phi) is 4.76. The van der Waals surface area contributed by atoms with Crippen molar-refractivity contribution >= 4 is 23.1 Å². The molecular formula is C11H6ClF6NO3. The number of non-ortho nitro benzene ring substituents is 1. The van der Waals surface area contributed by atoms with E-state index in [0.29, 0.717) is 6.07 Å². The molecule has 0 unspecified atom stereocenters. The molecule has 0 bridgehead atoms. The van der Waals surface area contributed by atoms with E-state index in [9.17, 15) is 41.3 Å². The van der Waals surface area contributed by atoms with E-state index in [4.69, 9.17) is 0 Å². The van der Waals surface area contributed by atoms with Crippen molar-refractivity contribution in [3.8, 4) is 0 Å². The Balaban J connectivity index is 3.18. The minimum absolute atomic E-state index is 0.576. The van der Waals surface area contributed by atoms with Crippen LogP contribution in [0.3, 0.4) is 0 Å². The molecule has 0 aliphatic rings. The van der Waals surface area contributed by atoms with E-state index in [2.05, 4.69) is 11.6 Å². The van der Waals surface area contributed by atoms with Crippen LogP contribution < -0.4 is 0 Å². The Morgan fingerprint density at radius 2 is 1.64 bits per heavy atom. The number of carbonyl (C=O) groups excluding carboxylic acids is 1. The molecule has 0 heterocycles. The number of alkyl halides is 7. The topological polar surface area (TPSA) is 60.2 Å². The van der Waals surface area contributed by atoms with Gasteiger partial charge in [-0.3, -0.25) is 14.9 Å². The summed E-state index contributed by atoms with van der Waals surface area (Å²) in [6.45, 7) is 0. The Morgan fingerprint density at radius 3 is 2.05 bits per heavy atom. The number of nitro benzene ring substituents is 1. The fraction of sp³-hybridized carbons (Fsp3) is 0.364. The number of benzene rings is 1. The Hall–Kier alpha value is -1.84. The Labute approximate surface area is 123 Å². The summed E-state index contributed by atoms with van der Waals surface area (Å²) >= 11 is 4.63. The van der Waals surface area contributed by atoms with Crippen LogP contribution in [0.4, 0.5) is 32.0 Å². The molecule has 0 aliphatic carbocycles. The molecule has 11 heteroatoms. The average molecular weight is 350 g/mol. The summed E-state index contributed by atoms with van der Waals surface area (Å²) in [6.07, 6.45) is -14.0. The van der Waals surface area contributed by atoms with Crippen LogP contribution in [0.15, 0.2) is 24.3 Å². The first-order valence-electron chi connectivity index (χ1n) is 5.39. The molecule has 0 saturated carbocycles. The summed E-state index contributed by atoms with van der Waals surface area (Å²) in [5, 5.41) is 10.5. The fourth-order valence-electron chi connectivity index (χ4n) is 1.48. The van der Waals surface area contributed by atoms with Gasteiger partial charge in [0, 0.05) is 24.1 Å². The van der Waals surface area contributed by atoms with Crippen LogP contribution in [0.5, 0.6) is 0 Å². The van der Waals surface area contributed by atoms with Crippen molar-refractivity contribution in [1.82, 2.24) is 0 Å². The zero-order chi connectivity index (χ0) is 17.3. The molecule has 4 nitrogen and oxygen atoms in total. The summed E-state index contributed by atoms with van der Waals surface area (Å²) < 4.78 is 75.4. The van der Waals surface area contributed by atoms with Crippen LogP contribution in [-0.4, -0.2) is 27.9 Å². The highest BCUT2D eigenvalue weighted by atomic mass is 35.5. The second-order valence-electron chi connectivity index (χ2n) is 4.20. The van der Waals surface area contributed by atoms with Gasteiger partial charge >= 0.3 is 12.4 Å². The molecule has 1 aromatic rings. The van der Waals surface area contributed by atoms with Crippen molar-refractivity contribution in [2.45, 2.75) is 23.6 Å². The lowest BCUT2D eigenvalue weighted by Gasteiger charge is -2.30. The number of carbonyl (C=O) groups is 1. The van der Waals surface area contributed by atoms with Gasteiger partial charge in [0.1, 0.15) is 0 Å². The van der Waals surface area contributed by atoms with E-state index < -0.39 is 45.6 Å². The van der Waals surface area contributed by atoms with Crippen molar-refractivity contribution in [3.63, 3.8) is 0 Å². The third-order valence-electron chi connectivity index (χ3n) is 2.68. The normalized spacial score (nSPS) is 13.0. The van der Waals surface area contributed by atoms with Crippen molar-refractivity contribution in [2.75, 3.05) is 0 Å². The van der Waals surface area contributed by atoms with Crippen LogP contribution in [-0.2, 0) is 0 Å². The number of hydrogen-bond acceptors (Lipinski definition) is 3. The molecule has 122 valence electrons. The molecule has 1 rings (SSSR count). The highest BCUT2D eigenvalue weighted by Crippen LogP contribution is 2.50. The summed E-state index contributed by atoms with van der Waals surface area (Å²) in [4.78, 5) is 16.4. The second-order valence-corrected chi connectivity index (χ2v) is 4.85. The van der Waals surface area contributed by atoms with Gasteiger partial charge in [-0.05, 0) is 0 Å². The summed E-state index contributed by atoms with van der Waals surface area (Å²) in [5.41, 5.74) is -1.32. The van der Waals surface area contributed by atoms with Crippen LogP contribution in [0.2, 0.25) is 0 Å². The lowest BCUT2D eigenvalue weighted by atomic mass is 9.96. The van der Waals surface area contributed by atoms with Gasteiger partial charge < -0.3 is 0 Å². The molecule has 0 radical (unpaired) electrons. The molecule has 0 saturated heterocycles. The van der Waals surface area contributed by atoms with Crippen LogP contribution in [0, 0.1) is 10.1 Å². The first-order valence-corrected chi connectivity index (χ1v) is 5.77. The quantitative estimate of drug-likeness (QED) is 0.268. The summed E-state index contributed by atoms with van der Waals surface area (Å²) in [7, 11) is 0. The zero-order valence-corrected chi connectivity index (χ0v) is 11.1. The van der Waals surface area contributed by atoms with Crippen molar-refractivity contribution in [1.29, 1.82) is 0 Å². The minimum Gasteiger partial charge on any atom is -0.294 e. The van der Waals surface area contributed by atoms with Gasteiger partial charge in [0.2, 0.25) is 4.87 Å². The molecule has 0 N–H and O–H groups in total. The van der Waals surface area contributed by atoms with Gasteiger partial charge in [-0.15, -0.1) is 0 Å². The standard InChI is InChI=1S/C11H6ClF6NO3/c12-9(10(13,14)15,11(16,17)18)5-8(20)6-2-1-3-7(4-6)19(21)22/h1-4H,5H2. The monoisotopic (exact) mass is 349 g/mol. The van der Waals surface area contributed by atoms with Gasteiger partial charge in [-0.1, -0.05) is 23.7 Å². The maximum atomic E-state index is 12.6. The predicted molar refractivity (Wildman–Crippen MR) is 62.7 cm³/mol. The third-order valence-corrected chi connectivity index (χ3v) is 3.24. The molecule has 0 fully saturated rings. The Bertz CT molecular complexity index is 584. The highest BCUT2D eigenvalue weighted by molar-refractivity contribution is 6.27. The van der Waals surface area contributed by atoms with Crippen molar-refractivity contribution in [3.05, 3.63) is 39.9 Å². The maximum Gasteiger partial charge on any atom is 0.416 e. The molecule has 22 heavy (non-hydrogen) atoms. The van der Waals surface area contributed by atoms with Gasteiger partial charge in [0.05, 0.1) is 4.92 Å². The highest BCUT2D eigenvalue weighted by Gasteiger charge is 2.70. The number of nitro groups is 1. The SMILES string of the molecule is O=C(CC(Cl)(C(F)(F)F)C(F)(F)F)c1cccc([N+](=O)[O-])c1. The van der Waals surface area contributed by atoms with E-state index >= 15 is 0 Å². The molecule has 0 spiro atoms. The number of ketones is 1. The van der Waals surface area contributed by atoms with Gasteiger partial charge in [0.25, 0.3) is 5.69 Å². The van der Waals surface area contributed by atoms with Crippen LogP contribution in [0.25, 0.3) is 0 Å². The van der Waals surface area contributed by atoms with Gasteiger partial charge in [-0.25, -0.2) is 0 Å². The number of nitrogens with zero attached hydrogens (tertiary/aromatic N) is 1. The van der Waals surface area contributed by atoms with Crippen LogP contribution >= 0.6 is 11.6 Å². The van der Waals surface area contributed by atoms with E-state index in [1.54, 1.807) is 0 Å². The second kappa shape index (κ2) is 5.75. The van der Waals surface area contributed by atoms with E-state index in [-0.39, 0.29) is 0 Å². The van der Waals surface area contributed by atoms with Gasteiger partial charge in [-0.2, -0.15) is 26.3 Å². The fourth-order valence-corrected chi connectivity index (χ4v) is 1.60. The first-order chi connectivity index (χ1) is 9.79. The molecule has 0 aromatic heterocycles. The number of hydrogen-bond donors (Lipinski definition) is 0. The number of Topliss-reactive ketones (excluding diaryl/α,β-unsaturated/α-hetero) is 1. The Morgan fingerprint density at radius 1 is 1.14 bits per heavy atom. The third kappa shape index (κ3) is 3.49. The maximum absolute atomic E-state index is 12.6. The number of halogens is 7. The van der Waals surface area contributed by atoms with Crippen molar-refractivity contribution in [2.24, 2.45) is 0 Å². The van der Waals surface area contributed by atoms with E-state index in [1.165, 1.54) is 0 Å². The predicted octanol–water partition coefficient (Wildman–Crippen LogP) is 4.27. The lowest BCUT2D eigenvalue weighted by molar-refractivity contribution is -0.384. The molecule has 0 amide bonds. The van der Waals surface area contributed by atoms with Crippen LogP contribution in [0.1, 0.15) is 16.8 Å². The average Bonchev–Trinajstić information content (AvgIpc) is 2.36. The number of rotatable bonds is 4. The summed E-state index contributed by atoms with van der Waals surface area (Å²) in [6, 6.07) is 3.33. The minimum atomic E-state index is -5.93.